The molecule has 0 saturated carbocycles. The molecular formula is C13H12ClF2NS. The zero-order valence-corrected chi connectivity index (χ0v) is 11.3. The van der Waals surface area contributed by atoms with Crippen LogP contribution in [0.1, 0.15) is 16.5 Å². The van der Waals surface area contributed by atoms with Crippen LogP contribution in [0.2, 0.25) is 4.34 Å². The fraction of sp³-hybridized carbons (Fsp3) is 0.231. The van der Waals surface area contributed by atoms with E-state index in [9.17, 15) is 8.78 Å². The van der Waals surface area contributed by atoms with Crippen molar-refractivity contribution in [3.63, 3.8) is 0 Å². The van der Waals surface area contributed by atoms with Crippen molar-refractivity contribution in [1.29, 1.82) is 0 Å². The maximum atomic E-state index is 13.6. The van der Waals surface area contributed by atoms with Crippen LogP contribution in [0.5, 0.6) is 0 Å². The third-order valence-corrected chi connectivity index (χ3v) is 4.09. The molecule has 1 atom stereocenters. The normalized spacial score (nSPS) is 12.7. The van der Waals surface area contributed by atoms with Gasteiger partial charge < -0.3 is 5.32 Å². The highest BCUT2D eigenvalue weighted by Crippen LogP contribution is 2.29. The van der Waals surface area contributed by atoms with Crippen LogP contribution < -0.4 is 5.32 Å². The van der Waals surface area contributed by atoms with Crippen LogP contribution in [-0.2, 0) is 6.42 Å². The van der Waals surface area contributed by atoms with E-state index in [2.05, 4.69) is 5.32 Å². The minimum absolute atomic E-state index is 0.0706. The fourth-order valence-electron chi connectivity index (χ4n) is 1.79. The van der Waals surface area contributed by atoms with Crippen LogP contribution in [0.25, 0.3) is 0 Å². The summed E-state index contributed by atoms with van der Waals surface area (Å²) in [4.78, 5) is 1.01. The second-order valence-corrected chi connectivity index (χ2v) is 5.65. The summed E-state index contributed by atoms with van der Waals surface area (Å²) in [6.07, 6.45) is 0.386. The molecule has 0 fully saturated rings. The van der Waals surface area contributed by atoms with E-state index >= 15 is 0 Å². The van der Waals surface area contributed by atoms with Crippen LogP contribution in [-0.4, -0.2) is 7.05 Å². The number of rotatable bonds is 4. The van der Waals surface area contributed by atoms with Crippen molar-refractivity contribution in [3.05, 3.63) is 56.7 Å². The van der Waals surface area contributed by atoms with E-state index in [1.807, 2.05) is 6.07 Å². The molecule has 1 heterocycles. The van der Waals surface area contributed by atoms with Gasteiger partial charge in [-0.15, -0.1) is 11.3 Å². The van der Waals surface area contributed by atoms with Crippen molar-refractivity contribution in [2.24, 2.45) is 0 Å². The smallest absolute Gasteiger partial charge is 0.162 e. The maximum absolute atomic E-state index is 13.6. The molecule has 0 saturated heterocycles. The van der Waals surface area contributed by atoms with E-state index < -0.39 is 11.6 Å². The number of hydrogen-bond donors (Lipinski definition) is 1. The maximum Gasteiger partial charge on any atom is 0.162 e. The standard InChI is InChI=1S/C13H12ClF2NS/c1-17-10(11-5-6-12(14)18-11)7-8-3-2-4-9(15)13(8)16/h2-6,10,17H,7H2,1H3. The predicted molar refractivity (Wildman–Crippen MR) is 71.2 cm³/mol. The van der Waals surface area contributed by atoms with Crippen molar-refractivity contribution in [2.75, 3.05) is 7.05 Å². The Hall–Kier alpha value is -0.970. The van der Waals surface area contributed by atoms with Gasteiger partial charge in [-0.3, -0.25) is 0 Å². The van der Waals surface area contributed by atoms with Gasteiger partial charge in [-0.25, -0.2) is 8.78 Å². The first-order valence-corrected chi connectivity index (χ1v) is 6.66. The molecule has 0 aliphatic carbocycles. The number of likely N-dealkylation sites (N-methyl/N-ethyl adjacent to an activating group) is 1. The quantitative estimate of drug-likeness (QED) is 0.889. The third kappa shape index (κ3) is 2.88. The molecule has 1 aromatic heterocycles. The van der Waals surface area contributed by atoms with Crippen molar-refractivity contribution in [2.45, 2.75) is 12.5 Å². The first-order chi connectivity index (χ1) is 8.61. The molecule has 0 radical (unpaired) electrons. The molecule has 1 unspecified atom stereocenters. The van der Waals surface area contributed by atoms with E-state index in [1.54, 1.807) is 19.2 Å². The van der Waals surface area contributed by atoms with Crippen LogP contribution in [0, 0.1) is 11.6 Å². The molecule has 18 heavy (non-hydrogen) atoms. The number of thiophene rings is 1. The average molecular weight is 288 g/mol. The molecule has 2 rings (SSSR count). The summed E-state index contributed by atoms with van der Waals surface area (Å²) in [5.74, 6) is -1.59. The zero-order valence-electron chi connectivity index (χ0n) is 9.71. The summed E-state index contributed by atoms with van der Waals surface area (Å²) >= 11 is 7.31. The van der Waals surface area contributed by atoms with E-state index in [-0.39, 0.29) is 6.04 Å². The SMILES string of the molecule is CNC(Cc1cccc(F)c1F)c1ccc(Cl)s1. The Morgan fingerprint density at radius 1 is 1.28 bits per heavy atom. The molecule has 1 nitrogen and oxygen atoms in total. The molecule has 96 valence electrons. The summed E-state index contributed by atoms with van der Waals surface area (Å²) in [5.41, 5.74) is 0.360. The topological polar surface area (TPSA) is 12.0 Å². The van der Waals surface area contributed by atoms with E-state index in [0.717, 1.165) is 10.9 Å². The van der Waals surface area contributed by atoms with Crippen LogP contribution in [0.3, 0.4) is 0 Å². The molecule has 0 aliphatic heterocycles. The van der Waals surface area contributed by atoms with Crippen molar-refractivity contribution < 1.29 is 8.78 Å². The summed E-state index contributed by atoms with van der Waals surface area (Å²) in [6, 6.07) is 7.85. The van der Waals surface area contributed by atoms with Gasteiger partial charge in [0.15, 0.2) is 11.6 Å². The molecular weight excluding hydrogens is 276 g/mol. The highest BCUT2D eigenvalue weighted by Gasteiger charge is 2.16. The van der Waals surface area contributed by atoms with Gasteiger partial charge in [-0.2, -0.15) is 0 Å². The second-order valence-electron chi connectivity index (χ2n) is 3.90. The van der Waals surface area contributed by atoms with Gasteiger partial charge >= 0.3 is 0 Å². The third-order valence-electron chi connectivity index (χ3n) is 2.74. The molecule has 5 heteroatoms. The van der Waals surface area contributed by atoms with Gasteiger partial charge in [0.05, 0.1) is 4.34 Å². The lowest BCUT2D eigenvalue weighted by molar-refractivity contribution is 0.488. The molecule has 1 aromatic carbocycles. The molecule has 0 aliphatic rings. The summed E-state index contributed by atoms with van der Waals surface area (Å²) < 4.78 is 27.4. The fourth-order valence-corrected chi connectivity index (χ4v) is 2.96. The Morgan fingerprint density at radius 2 is 2.06 bits per heavy atom. The number of benzene rings is 1. The Morgan fingerprint density at radius 3 is 2.67 bits per heavy atom. The van der Waals surface area contributed by atoms with Crippen LogP contribution >= 0.6 is 22.9 Å². The van der Waals surface area contributed by atoms with Gasteiger partial charge in [0.1, 0.15) is 0 Å². The Labute approximate surface area is 113 Å². The average Bonchev–Trinajstić information content (AvgIpc) is 2.78. The van der Waals surface area contributed by atoms with E-state index in [4.69, 9.17) is 11.6 Å². The molecule has 2 aromatic rings. The van der Waals surface area contributed by atoms with Gasteiger partial charge in [-0.05, 0) is 37.2 Å². The largest absolute Gasteiger partial charge is 0.312 e. The van der Waals surface area contributed by atoms with E-state index in [1.165, 1.54) is 17.4 Å². The summed E-state index contributed by atoms with van der Waals surface area (Å²) in [6.45, 7) is 0. The first-order valence-electron chi connectivity index (χ1n) is 5.47. The Bertz CT molecular complexity index is 542. The van der Waals surface area contributed by atoms with Gasteiger partial charge in [0.25, 0.3) is 0 Å². The minimum Gasteiger partial charge on any atom is -0.312 e. The van der Waals surface area contributed by atoms with Crippen molar-refractivity contribution in [3.8, 4) is 0 Å². The first kappa shape index (κ1) is 13.5. The van der Waals surface area contributed by atoms with Gasteiger partial charge in [0.2, 0.25) is 0 Å². The minimum atomic E-state index is -0.813. The predicted octanol–water partition coefficient (Wildman–Crippen LogP) is 4.18. The highest BCUT2D eigenvalue weighted by atomic mass is 35.5. The summed E-state index contributed by atoms with van der Waals surface area (Å²) in [7, 11) is 1.79. The Balaban J connectivity index is 2.23. The Kier molecular flexibility index (Phi) is 4.32. The lowest BCUT2D eigenvalue weighted by Gasteiger charge is -2.15. The van der Waals surface area contributed by atoms with Crippen LogP contribution in [0.4, 0.5) is 8.78 Å². The molecule has 0 amide bonds. The number of halogens is 3. The van der Waals surface area contributed by atoms with Gasteiger partial charge in [0, 0.05) is 10.9 Å². The lowest BCUT2D eigenvalue weighted by atomic mass is 10.0. The molecule has 0 bridgehead atoms. The highest BCUT2D eigenvalue weighted by molar-refractivity contribution is 7.16. The lowest BCUT2D eigenvalue weighted by Crippen LogP contribution is -2.18. The zero-order chi connectivity index (χ0) is 13.1. The van der Waals surface area contributed by atoms with E-state index in [0.29, 0.717) is 16.3 Å². The summed E-state index contributed by atoms with van der Waals surface area (Å²) in [5, 5.41) is 3.09. The second kappa shape index (κ2) is 5.78. The molecule has 0 spiro atoms. The van der Waals surface area contributed by atoms with Crippen LogP contribution in [0.15, 0.2) is 30.3 Å². The monoisotopic (exact) mass is 287 g/mol. The number of hydrogen-bond acceptors (Lipinski definition) is 2. The van der Waals surface area contributed by atoms with Gasteiger partial charge in [-0.1, -0.05) is 23.7 Å². The number of nitrogens with one attached hydrogen (secondary N) is 1. The molecule has 1 N–H and O–H groups in total. The van der Waals surface area contributed by atoms with Crippen molar-refractivity contribution >= 4 is 22.9 Å². The van der Waals surface area contributed by atoms with Crippen molar-refractivity contribution in [1.82, 2.24) is 5.32 Å².